The molecule has 0 spiro atoms. The summed E-state index contributed by atoms with van der Waals surface area (Å²) in [4.78, 5) is 0. The van der Waals surface area contributed by atoms with Crippen molar-refractivity contribution in [3.63, 3.8) is 0 Å². The number of aliphatic hydroxyl groups excluding tert-OH is 1. The highest BCUT2D eigenvalue weighted by Gasteiger charge is 2.21. The summed E-state index contributed by atoms with van der Waals surface area (Å²) in [5.41, 5.74) is 2.39. The van der Waals surface area contributed by atoms with Gasteiger partial charge in [0.15, 0.2) is 0 Å². The van der Waals surface area contributed by atoms with E-state index in [1.54, 1.807) is 0 Å². The molecule has 0 bridgehead atoms. The lowest BCUT2D eigenvalue weighted by Crippen LogP contribution is -2.25. The van der Waals surface area contributed by atoms with Crippen molar-refractivity contribution in [2.45, 2.75) is 58.1 Å². The van der Waals surface area contributed by atoms with Crippen LogP contribution in [-0.2, 0) is 13.6 Å². The van der Waals surface area contributed by atoms with Gasteiger partial charge in [-0.2, -0.15) is 5.10 Å². The van der Waals surface area contributed by atoms with E-state index in [0.29, 0.717) is 5.92 Å². The van der Waals surface area contributed by atoms with Gasteiger partial charge in [-0.3, -0.25) is 4.68 Å². The summed E-state index contributed by atoms with van der Waals surface area (Å²) in [5.74, 6) is 0.538. The first-order valence-corrected chi connectivity index (χ1v) is 7.54. The molecule has 4 heteroatoms. The standard InChI is InChI=1S/C15H27N3O/c1-12-14(11-18(2)17-12)10-16-9-5-7-13-6-3-4-8-15(13)19/h11,13,15-16,19H,3-10H2,1-2H3. The quantitative estimate of drug-likeness (QED) is 0.775. The van der Waals surface area contributed by atoms with Crippen molar-refractivity contribution in [2.24, 2.45) is 13.0 Å². The average molecular weight is 265 g/mol. The minimum Gasteiger partial charge on any atom is -0.393 e. The molecule has 0 aromatic carbocycles. The van der Waals surface area contributed by atoms with Gasteiger partial charge in [-0.15, -0.1) is 0 Å². The molecule has 0 radical (unpaired) electrons. The molecule has 4 nitrogen and oxygen atoms in total. The van der Waals surface area contributed by atoms with Gasteiger partial charge in [-0.05, 0) is 45.1 Å². The molecule has 2 atom stereocenters. The summed E-state index contributed by atoms with van der Waals surface area (Å²) in [6.45, 7) is 3.97. The Hall–Kier alpha value is -0.870. The van der Waals surface area contributed by atoms with Crippen LogP contribution in [0.25, 0.3) is 0 Å². The topological polar surface area (TPSA) is 50.1 Å². The van der Waals surface area contributed by atoms with Gasteiger partial charge >= 0.3 is 0 Å². The van der Waals surface area contributed by atoms with E-state index in [4.69, 9.17) is 0 Å². The Kier molecular flexibility index (Phi) is 5.40. The number of hydrogen-bond donors (Lipinski definition) is 2. The van der Waals surface area contributed by atoms with Crippen LogP contribution in [0.1, 0.15) is 49.8 Å². The fourth-order valence-corrected chi connectivity index (χ4v) is 3.06. The molecule has 2 unspecified atom stereocenters. The number of hydrogen-bond acceptors (Lipinski definition) is 3. The number of aliphatic hydroxyl groups is 1. The summed E-state index contributed by atoms with van der Waals surface area (Å²) >= 11 is 0. The maximum Gasteiger partial charge on any atom is 0.0638 e. The molecule has 19 heavy (non-hydrogen) atoms. The lowest BCUT2D eigenvalue weighted by molar-refractivity contribution is 0.0643. The lowest BCUT2D eigenvalue weighted by atomic mass is 9.83. The third kappa shape index (κ3) is 4.32. The van der Waals surface area contributed by atoms with Gasteiger partial charge in [-0.25, -0.2) is 0 Å². The van der Waals surface area contributed by atoms with Crippen LogP contribution in [0.4, 0.5) is 0 Å². The van der Waals surface area contributed by atoms with Crippen molar-refractivity contribution < 1.29 is 5.11 Å². The molecular formula is C15H27N3O. The molecule has 2 N–H and O–H groups in total. The molecule has 1 aromatic heterocycles. The smallest absolute Gasteiger partial charge is 0.0638 e. The van der Waals surface area contributed by atoms with Gasteiger partial charge in [0.2, 0.25) is 0 Å². The van der Waals surface area contributed by atoms with Gasteiger partial charge in [0.1, 0.15) is 0 Å². The highest BCUT2D eigenvalue weighted by molar-refractivity contribution is 5.14. The zero-order valence-corrected chi connectivity index (χ0v) is 12.2. The average Bonchev–Trinajstić information content (AvgIpc) is 2.70. The molecule has 1 aliphatic carbocycles. The van der Waals surface area contributed by atoms with Crippen LogP contribution in [-0.4, -0.2) is 27.5 Å². The van der Waals surface area contributed by atoms with E-state index in [2.05, 4.69) is 23.5 Å². The van der Waals surface area contributed by atoms with Gasteiger partial charge < -0.3 is 10.4 Å². The van der Waals surface area contributed by atoms with Crippen LogP contribution in [0, 0.1) is 12.8 Å². The summed E-state index contributed by atoms with van der Waals surface area (Å²) in [6.07, 6.45) is 9.05. The highest BCUT2D eigenvalue weighted by atomic mass is 16.3. The van der Waals surface area contributed by atoms with Crippen molar-refractivity contribution in [3.05, 3.63) is 17.5 Å². The van der Waals surface area contributed by atoms with E-state index in [-0.39, 0.29) is 6.10 Å². The molecule has 1 aromatic rings. The molecule has 0 saturated heterocycles. The second-order valence-corrected chi connectivity index (χ2v) is 5.84. The Balaban J connectivity index is 1.60. The molecule has 0 aliphatic heterocycles. The van der Waals surface area contributed by atoms with Gasteiger partial charge in [0, 0.05) is 25.4 Å². The number of nitrogens with one attached hydrogen (secondary N) is 1. The fraction of sp³-hybridized carbons (Fsp3) is 0.800. The molecule has 0 amide bonds. The molecule has 1 saturated carbocycles. The van der Waals surface area contributed by atoms with Crippen molar-refractivity contribution in [1.29, 1.82) is 0 Å². The minimum atomic E-state index is -0.0469. The van der Waals surface area contributed by atoms with Crippen molar-refractivity contribution in [2.75, 3.05) is 6.54 Å². The van der Waals surface area contributed by atoms with Crippen molar-refractivity contribution in [1.82, 2.24) is 15.1 Å². The van der Waals surface area contributed by atoms with E-state index in [9.17, 15) is 5.11 Å². The fourth-order valence-electron chi connectivity index (χ4n) is 3.06. The maximum atomic E-state index is 9.91. The van der Waals surface area contributed by atoms with Crippen LogP contribution in [0.15, 0.2) is 6.20 Å². The number of rotatable bonds is 6. The predicted molar refractivity (Wildman–Crippen MR) is 76.9 cm³/mol. The lowest BCUT2D eigenvalue weighted by Gasteiger charge is -2.27. The second-order valence-electron chi connectivity index (χ2n) is 5.84. The Bertz CT molecular complexity index is 389. The first kappa shape index (κ1) is 14.5. The number of nitrogens with zero attached hydrogens (tertiary/aromatic N) is 2. The Morgan fingerprint density at radius 2 is 2.21 bits per heavy atom. The Morgan fingerprint density at radius 3 is 2.89 bits per heavy atom. The van der Waals surface area contributed by atoms with Crippen LogP contribution in [0.2, 0.25) is 0 Å². The van der Waals surface area contributed by atoms with Gasteiger partial charge in [0.05, 0.1) is 11.8 Å². The Labute approximate surface area is 116 Å². The van der Waals surface area contributed by atoms with E-state index < -0.39 is 0 Å². The van der Waals surface area contributed by atoms with Crippen LogP contribution >= 0.6 is 0 Å². The van der Waals surface area contributed by atoms with Gasteiger partial charge in [0.25, 0.3) is 0 Å². The summed E-state index contributed by atoms with van der Waals surface area (Å²) in [7, 11) is 1.96. The van der Waals surface area contributed by atoms with Crippen molar-refractivity contribution >= 4 is 0 Å². The highest BCUT2D eigenvalue weighted by Crippen LogP contribution is 2.27. The SMILES string of the molecule is Cc1nn(C)cc1CNCCCC1CCCCC1O. The van der Waals surface area contributed by atoms with E-state index in [0.717, 1.165) is 38.0 Å². The second kappa shape index (κ2) is 7.06. The van der Waals surface area contributed by atoms with Crippen LogP contribution in [0.3, 0.4) is 0 Å². The van der Waals surface area contributed by atoms with Crippen LogP contribution in [0.5, 0.6) is 0 Å². The molecule has 2 rings (SSSR count). The molecular weight excluding hydrogens is 238 g/mol. The third-order valence-corrected chi connectivity index (χ3v) is 4.23. The maximum absolute atomic E-state index is 9.91. The van der Waals surface area contributed by atoms with E-state index in [1.165, 1.54) is 24.8 Å². The first-order chi connectivity index (χ1) is 9.16. The predicted octanol–water partition coefficient (Wildman–Crippen LogP) is 2.15. The number of aromatic nitrogens is 2. The molecule has 1 aliphatic rings. The minimum absolute atomic E-state index is 0.0469. The van der Waals surface area contributed by atoms with Gasteiger partial charge in [-0.1, -0.05) is 12.8 Å². The summed E-state index contributed by atoms with van der Waals surface area (Å²) < 4.78 is 1.87. The Morgan fingerprint density at radius 1 is 1.42 bits per heavy atom. The monoisotopic (exact) mass is 265 g/mol. The van der Waals surface area contributed by atoms with E-state index >= 15 is 0 Å². The molecule has 108 valence electrons. The normalized spacial score (nSPS) is 23.7. The van der Waals surface area contributed by atoms with Crippen LogP contribution < -0.4 is 5.32 Å². The summed E-state index contributed by atoms with van der Waals surface area (Å²) in [5, 5.41) is 17.7. The summed E-state index contributed by atoms with van der Waals surface area (Å²) in [6, 6.07) is 0. The third-order valence-electron chi connectivity index (χ3n) is 4.23. The largest absolute Gasteiger partial charge is 0.393 e. The first-order valence-electron chi connectivity index (χ1n) is 7.54. The van der Waals surface area contributed by atoms with Crippen molar-refractivity contribution in [3.8, 4) is 0 Å². The zero-order chi connectivity index (χ0) is 13.7. The molecule has 1 fully saturated rings. The number of aryl methyl sites for hydroxylation is 2. The molecule has 1 heterocycles. The zero-order valence-electron chi connectivity index (χ0n) is 12.2. The van der Waals surface area contributed by atoms with E-state index in [1.807, 2.05) is 11.7 Å².